The van der Waals surface area contributed by atoms with Gasteiger partial charge in [-0.05, 0) is 25.2 Å². The number of nitrogens with one attached hydrogen (secondary N) is 3. The molecule has 0 spiro atoms. The fourth-order valence-electron chi connectivity index (χ4n) is 2.67. The SMILES string of the molecule is CCC(C)C(N)C(=O)NC(C(=O)NC(C)C(=O)NC(CCC(N)=O)C(=O)O)C(C)CC. The minimum absolute atomic E-state index is 0.0706. The Morgan fingerprint density at radius 1 is 0.839 bits per heavy atom. The maximum Gasteiger partial charge on any atom is 0.326 e. The van der Waals surface area contributed by atoms with Gasteiger partial charge in [0.15, 0.2) is 0 Å². The van der Waals surface area contributed by atoms with E-state index in [0.29, 0.717) is 12.8 Å². The van der Waals surface area contributed by atoms with E-state index in [9.17, 15) is 29.1 Å². The predicted octanol–water partition coefficient (Wildman–Crippen LogP) is -0.770. The Kier molecular flexibility index (Phi) is 12.4. The standard InChI is InChI=1S/C20H37N5O6/c1-6-10(3)15(22)18(28)25-16(11(4)7-2)19(29)23-12(5)17(27)24-13(20(30)31)8-9-14(21)26/h10-13,15-16H,6-9,22H2,1-5H3,(H2,21,26)(H,23,29)(H,24,27)(H,25,28)(H,30,31). The van der Waals surface area contributed by atoms with Crippen LogP contribution in [0.3, 0.4) is 0 Å². The maximum absolute atomic E-state index is 12.8. The van der Waals surface area contributed by atoms with Gasteiger partial charge in [0.2, 0.25) is 23.6 Å². The van der Waals surface area contributed by atoms with Crippen LogP contribution in [0.5, 0.6) is 0 Å². The van der Waals surface area contributed by atoms with Gasteiger partial charge >= 0.3 is 5.97 Å². The summed E-state index contributed by atoms with van der Waals surface area (Å²) in [5.41, 5.74) is 11.0. The lowest BCUT2D eigenvalue weighted by Crippen LogP contribution is -2.58. The molecule has 8 N–H and O–H groups in total. The molecule has 6 atom stereocenters. The van der Waals surface area contributed by atoms with Crippen molar-refractivity contribution >= 4 is 29.6 Å². The van der Waals surface area contributed by atoms with Crippen LogP contribution in [0, 0.1) is 11.8 Å². The molecule has 0 saturated carbocycles. The van der Waals surface area contributed by atoms with E-state index in [1.54, 1.807) is 6.92 Å². The van der Waals surface area contributed by atoms with E-state index < -0.39 is 53.8 Å². The van der Waals surface area contributed by atoms with E-state index in [0.717, 1.165) is 0 Å². The van der Waals surface area contributed by atoms with Crippen LogP contribution in [-0.4, -0.2) is 58.9 Å². The average molecular weight is 444 g/mol. The van der Waals surface area contributed by atoms with Gasteiger partial charge in [-0.1, -0.05) is 40.5 Å². The van der Waals surface area contributed by atoms with Crippen molar-refractivity contribution in [2.24, 2.45) is 23.3 Å². The smallest absolute Gasteiger partial charge is 0.326 e. The van der Waals surface area contributed by atoms with Crippen molar-refractivity contribution in [2.75, 3.05) is 0 Å². The highest BCUT2D eigenvalue weighted by Crippen LogP contribution is 2.11. The van der Waals surface area contributed by atoms with E-state index in [4.69, 9.17) is 11.5 Å². The van der Waals surface area contributed by atoms with Gasteiger partial charge in [0.1, 0.15) is 18.1 Å². The number of rotatable bonds is 14. The Labute approximate surface area is 183 Å². The molecule has 31 heavy (non-hydrogen) atoms. The summed E-state index contributed by atoms with van der Waals surface area (Å²) in [7, 11) is 0. The average Bonchev–Trinajstić information content (AvgIpc) is 2.71. The minimum Gasteiger partial charge on any atom is -0.480 e. The van der Waals surface area contributed by atoms with Gasteiger partial charge in [-0.3, -0.25) is 19.2 Å². The zero-order valence-corrected chi connectivity index (χ0v) is 18.9. The molecular formula is C20H37N5O6. The van der Waals surface area contributed by atoms with Crippen molar-refractivity contribution in [2.45, 2.75) is 84.5 Å². The lowest BCUT2D eigenvalue weighted by atomic mass is 9.95. The number of carbonyl (C=O) groups is 5. The maximum atomic E-state index is 12.8. The summed E-state index contributed by atoms with van der Waals surface area (Å²) >= 11 is 0. The summed E-state index contributed by atoms with van der Waals surface area (Å²) in [6.45, 7) is 8.78. The highest BCUT2D eigenvalue weighted by Gasteiger charge is 2.31. The van der Waals surface area contributed by atoms with E-state index in [1.807, 2.05) is 20.8 Å². The summed E-state index contributed by atoms with van der Waals surface area (Å²) < 4.78 is 0. The summed E-state index contributed by atoms with van der Waals surface area (Å²) in [4.78, 5) is 59.7. The molecule has 0 rings (SSSR count). The van der Waals surface area contributed by atoms with E-state index in [1.165, 1.54) is 6.92 Å². The Bertz CT molecular complexity index is 656. The quantitative estimate of drug-likeness (QED) is 0.203. The summed E-state index contributed by atoms with van der Waals surface area (Å²) in [5.74, 6) is -4.09. The molecule has 0 aliphatic rings. The fraction of sp³-hybridized carbons (Fsp3) is 0.750. The monoisotopic (exact) mass is 443 g/mol. The number of nitrogens with two attached hydrogens (primary N) is 2. The molecule has 0 heterocycles. The first-order valence-corrected chi connectivity index (χ1v) is 10.5. The van der Waals surface area contributed by atoms with Gasteiger partial charge < -0.3 is 32.5 Å². The molecule has 0 bridgehead atoms. The van der Waals surface area contributed by atoms with Crippen molar-refractivity contribution in [3.05, 3.63) is 0 Å². The van der Waals surface area contributed by atoms with Crippen LogP contribution < -0.4 is 27.4 Å². The molecule has 0 aromatic carbocycles. The van der Waals surface area contributed by atoms with Gasteiger partial charge in [0.25, 0.3) is 0 Å². The first-order chi connectivity index (χ1) is 14.3. The number of hydrogen-bond acceptors (Lipinski definition) is 6. The van der Waals surface area contributed by atoms with Crippen LogP contribution in [0.1, 0.15) is 60.3 Å². The van der Waals surface area contributed by atoms with Crippen LogP contribution in [-0.2, 0) is 24.0 Å². The van der Waals surface area contributed by atoms with Crippen LogP contribution in [0.4, 0.5) is 0 Å². The molecule has 4 amide bonds. The number of carbonyl (C=O) groups excluding carboxylic acids is 4. The lowest BCUT2D eigenvalue weighted by molar-refractivity contribution is -0.142. The summed E-state index contributed by atoms with van der Waals surface area (Å²) in [5, 5.41) is 16.6. The molecule has 0 fully saturated rings. The molecule has 11 heteroatoms. The highest BCUT2D eigenvalue weighted by atomic mass is 16.4. The van der Waals surface area contributed by atoms with Gasteiger partial charge in [-0.25, -0.2) is 4.79 Å². The predicted molar refractivity (Wildman–Crippen MR) is 114 cm³/mol. The lowest BCUT2D eigenvalue weighted by Gasteiger charge is -2.28. The third-order valence-corrected chi connectivity index (χ3v) is 5.40. The van der Waals surface area contributed by atoms with Crippen molar-refractivity contribution in [1.29, 1.82) is 0 Å². The number of carboxylic acid groups (broad SMARTS) is 1. The molecule has 0 saturated heterocycles. The second-order valence-corrected chi connectivity index (χ2v) is 7.92. The third kappa shape index (κ3) is 9.77. The molecule has 0 aliphatic heterocycles. The van der Waals surface area contributed by atoms with Crippen LogP contribution in [0.15, 0.2) is 0 Å². The van der Waals surface area contributed by atoms with Gasteiger partial charge in [0, 0.05) is 6.42 Å². The second kappa shape index (κ2) is 13.6. The van der Waals surface area contributed by atoms with Crippen LogP contribution in [0.25, 0.3) is 0 Å². The van der Waals surface area contributed by atoms with E-state index >= 15 is 0 Å². The normalized spacial score (nSPS) is 16.7. The molecule has 0 aromatic heterocycles. The molecular weight excluding hydrogens is 406 g/mol. The van der Waals surface area contributed by atoms with Crippen LogP contribution >= 0.6 is 0 Å². The Morgan fingerprint density at radius 2 is 1.39 bits per heavy atom. The fourth-order valence-corrected chi connectivity index (χ4v) is 2.67. The van der Waals surface area contributed by atoms with Gasteiger partial charge in [0.05, 0.1) is 6.04 Å². The Balaban J connectivity index is 5.15. The molecule has 0 aromatic rings. The van der Waals surface area contributed by atoms with E-state index in [-0.39, 0.29) is 24.7 Å². The summed E-state index contributed by atoms with van der Waals surface area (Å²) in [6.07, 6.45) is 0.908. The molecule has 178 valence electrons. The first-order valence-electron chi connectivity index (χ1n) is 10.5. The highest BCUT2D eigenvalue weighted by molar-refractivity contribution is 5.94. The zero-order valence-electron chi connectivity index (χ0n) is 18.9. The van der Waals surface area contributed by atoms with Crippen molar-refractivity contribution < 1.29 is 29.1 Å². The minimum atomic E-state index is -1.32. The summed E-state index contributed by atoms with van der Waals surface area (Å²) in [6, 6.07) is -4.08. The number of carboxylic acids is 1. The molecule has 11 nitrogen and oxygen atoms in total. The molecule has 0 aliphatic carbocycles. The van der Waals surface area contributed by atoms with Crippen LogP contribution in [0.2, 0.25) is 0 Å². The molecule has 6 unspecified atom stereocenters. The zero-order chi connectivity index (χ0) is 24.3. The Morgan fingerprint density at radius 3 is 1.84 bits per heavy atom. The number of amides is 4. The van der Waals surface area contributed by atoms with Gasteiger partial charge in [-0.2, -0.15) is 0 Å². The third-order valence-electron chi connectivity index (χ3n) is 5.40. The second-order valence-electron chi connectivity index (χ2n) is 7.92. The largest absolute Gasteiger partial charge is 0.480 e. The van der Waals surface area contributed by atoms with Crippen molar-refractivity contribution in [1.82, 2.24) is 16.0 Å². The molecule has 0 radical (unpaired) electrons. The van der Waals surface area contributed by atoms with Crippen molar-refractivity contribution in [3.63, 3.8) is 0 Å². The van der Waals surface area contributed by atoms with Gasteiger partial charge in [-0.15, -0.1) is 0 Å². The number of hydrogen-bond donors (Lipinski definition) is 6. The Hall–Kier alpha value is -2.69. The first kappa shape index (κ1) is 28.3. The number of aliphatic carboxylic acids is 1. The topological polar surface area (TPSA) is 194 Å². The van der Waals surface area contributed by atoms with E-state index in [2.05, 4.69) is 16.0 Å². The van der Waals surface area contributed by atoms with Crippen molar-refractivity contribution in [3.8, 4) is 0 Å². The number of primary amides is 1.